The van der Waals surface area contributed by atoms with E-state index in [1.165, 1.54) is 0 Å². The van der Waals surface area contributed by atoms with Gasteiger partial charge in [-0.2, -0.15) is 0 Å². The van der Waals surface area contributed by atoms with Crippen molar-refractivity contribution in [3.8, 4) is 0 Å². The molecular weight excluding hydrogens is 308 g/mol. The van der Waals surface area contributed by atoms with Gasteiger partial charge in [0.05, 0.1) is 18.2 Å². The lowest BCUT2D eigenvalue weighted by Gasteiger charge is -2.58. The molecule has 0 unspecified atom stereocenters. The third-order valence-electron chi connectivity index (χ3n) is 5.73. The summed E-state index contributed by atoms with van der Waals surface area (Å²) in [6.07, 6.45) is 5.13. The quantitative estimate of drug-likeness (QED) is 0.767. The number of ether oxygens (including phenoxy) is 1. The Balaban J connectivity index is 1.81. The number of amides is 2. The normalized spacial score (nSPS) is 30.2. The van der Waals surface area contributed by atoms with E-state index in [1.54, 1.807) is 4.90 Å². The zero-order chi connectivity index (χ0) is 17.8. The molecule has 1 aliphatic carbocycles. The van der Waals surface area contributed by atoms with Crippen molar-refractivity contribution >= 4 is 11.8 Å². The molecule has 2 rings (SSSR count). The lowest BCUT2D eigenvalue weighted by molar-refractivity contribution is -0.238. The van der Waals surface area contributed by atoms with Crippen molar-refractivity contribution in [1.29, 1.82) is 0 Å². The van der Waals surface area contributed by atoms with Gasteiger partial charge in [-0.05, 0) is 19.8 Å². The Morgan fingerprint density at radius 2 is 2.04 bits per heavy atom. The second kappa shape index (κ2) is 7.83. The molecule has 2 atom stereocenters. The minimum atomic E-state index is -0.956. The highest BCUT2D eigenvalue weighted by molar-refractivity contribution is 5.84. The third-order valence-corrected chi connectivity index (χ3v) is 5.73. The van der Waals surface area contributed by atoms with Gasteiger partial charge in [-0.3, -0.25) is 9.59 Å². The molecule has 6 nitrogen and oxygen atoms in total. The second-order valence-electron chi connectivity index (χ2n) is 7.66. The first kappa shape index (κ1) is 19.2. The number of hydrogen-bond acceptors (Lipinski definition) is 4. The van der Waals surface area contributed by atoms with Gasteiger partial charge < -0.3 is 20.1 Å². The first-order valence-corrected chi connectivity index (χ1v) is 9.18. The van der Waals surface area contributed by atoms with Crippen LogP contribution in [0.2, 0.25) is 0 Å². The molecule has 0 aromatic rings. The average Bonchev–Trinajstić information content (AvgIpc) is 2.52. The Hall–Kier alpha value is -1.14. The van der Waals surface area contributed by atoms with E-state index < -0.39 is 11.0 Å². The SMILES string of the molecule is CCO[C@@H]1C[C@@](O)(CNC(=O)CN2CCCCCCC2=O)C1(C)C. The fourth-order valence-corrected chi connectivity index (χ4v) is 3.62. The molecule has 1 aliphatic heterocycles. The Bertz CT molecular complexity index is 466. The highest BCUT2D eigenvalue weighted by Gasteiger charge is 2.59. The monoisotopic (exact) mass is 340 g/mol. The van der Waals surface area contributed by atoms with Crippen LogP contribution in [-0.4, -0.2) is 59.8 Å². The van der Waals surface area contributed by atoms with E-state index >= 15 is 0 Å². The highest BCUT2D eigenvalue weighted by Crippen LogP contribution is 2.50. The van der Waals surface area contributed by atoms with Gasteiger partial charge in [-0.1, -0.05) is 26.7 Å². The zero-order valence-corrected chi connectivity index (χ0v) is 15.3. The van der Waals surface area contributed by atoms with Gasteiger partial charge in [-0.25, -0.2) is 0 Å². The van der Waals surface area contributed by atoms with Gasteiger partial charge in [0, 0.05) is 38.0 Å². The Labute approximate surface area is 144 Å². The summed E-state index contributed by atoms with van der Waals surface area (Å²) in [4.78, 5) is 25.9. The standard InChI is InChI=1S/C18H32N2O4/c1-4-24-14-11-18(23,17(14,2)3)13-19-15(21)12-20-10-8-6-5-7-9-16(20)22/h14,23H,4-13H2,1-3H3,(H,19,21)/t14-,18-/m1/s1. The van der Waals surface area contributed by atoms with E-state index in [0.29, 0.717) is 26.0 Å². The number of carbonyl (C=O) groups is 2. The molecule has 0 aromatic heterocycles. The first-order chi connectivity index (χ1) is 11.3. The number of aliphatic hydroxyl groups is 1. The van der Waals surface area contributed by atoms with E-state index in [2.05, 4.69) is 5.32 Å². The maximum atomic E-state index is 12.2. The van der Waals surface area contributed by atoms with Crippen LogP contribution >= 0.6 is 0 Å². The molecule has 0 bridgehead atoms. The predicted molar refractivity (Wildman–Crippen MR) is 91.4 cm³/mol. The highest BCUT2D eigenvalue weighted by atomic mass is 16.5. The van der Waals surface area contributed by atoms with E-state index in [4.69, 9.17) is 4.74 Å². The Morgan fingerprint density at radius 1 is 1.33 bits per heavy atom. The summed E-state index contributed by atoms with van der Waals surface area (Å²) < 4.78 is 5.63. The summed E-state index contributed by atoms with van der Waals surface area (Å²) in [6.45, 7) is 7.42. The molecule has 24 heavy (non-hydrogen) atoms. The van der Waals surface area contributed by atoms with Crippen molar-refractivity contribution in [2.45, 2.75) is 71.0 Å². The van der Waals surface area contributed by atoms with Crippen molar-refractivity contribution in [3.05, 3.63) is 0 Å². The molecule has 0 spiro atoms. The molecule has 2 fully saturated rings. The van der Waals surface area contributed by atoms with Gasteiger partial charge in [0.15, 0.2) is 0 Å². The maximum Gasteiger partial charge on any atom is 0.239 e. The Kier molecular flexibility index (Phi) is 6.26. The molecule has 1 saturated heterocycles. The van der Waals surface area contributed by atoms with Crippen molar-refractivity contribution in [3.63, 3.8) is 0 Å². The van der Waals surface area contributed by atoms with Crippen molar-refractivity contribution in [2.24, 2.45) is 5.41 Å². The van der Waals surface area contributed by atoms with Crippen molar-refractivity contribution in [2.75, 3.05) is 26.2 Å². The number of hydrogen-bond donors (Lipinski definition) is 2. The average molecular weight is 340 g/mol. The number of likely N-dealkylation sites (tertiary alicyclic amines) is 1. The van der Waals surface area contributed by atoms with Crippen LogP contribution in [-0.2, 0) is 14.3 Å². The van der Waals surface area contributed by atoms with Gasteiger partial charge in [-0.15, -0.1) is 0 Å². The number of rotatable bonds is 6. The largest absolute Gasteiger partial charge is 0.387 e. The maximum absolute atomic E-state index is 12.2. The summed E-state index contributed by atoms with van der Waals surface area (Å²) in [7, 11) is 0. The lowest BCUT2D eigenvalue weighted by Crippen LogP contribution is -2.69. The number of carbonyl (C=O) groups excluding carboxylic acids is 2. The Morgan fingerprint density at radius 3 is 2.71 bits per heavy atom. The van der Waals surface area contributed by atoms with Crippen molar-refractivity contribution in [1.82, 2.24) is 10.2 Å². The van der Waals surface area contributed by atoms with Crippen LogP contribution in [0.5, 0.6) is 0 Å². The lowest BCUT2D eigenvalue weighted by atomic mass is 9.56. The molecule has 6 heteroatoms. The van der Waals surface area contributed by atoms with E-state index in [-0.39, 0.29) is 31.0 Å². The van der Waals surface area contributed by atoms with Gasteiger partial charge in [0.2, 0.25) is 11.8 Å². The summed E-state index contributed by atoms with van der Waals surface area (Å²) >= 11 is 0. The second-order valence-corrected chi connectivity index (χ2v) is 7.66. The van der Waals surface area contributed by atoms with Crippen LogP contribution in [0.3, 0.4) is 0 Å². The van der Waals surface area contributed by atoms with Crippen LogP contribution < -0.4 is 5.32 Å². The van der Waals surface area contributed by atoms with Gasteiger partial charge in [0.1, 0.15) is 0 Å². The molecular formula is C18H32N2O4. The minimum absolute atomic E-state index is 0.0142. The third kappa shape index (κ3) is 4.09. The minimum Gasteiger partial charge on any atom is -0.387 e. The molecule has 2 amide bonds. The fraction of sp³-hybridized carbons (Fsp3) is 0.889. The fourth-order valence-electron chi connectivity index (χ4n) is 3.62. The van der Waals surface area contributed by atoms with Gasteiger partial charge in [0.25, 0.3) is 0 Å². The van der Waals surface area contributed by atoms with E-state index in [0.717, 1.165) is 25.7 Å². The molecule has 2 aliphatic rings. The molecule has 0 aromatic carbocycles. The van der Waals surface area contributed by atoms with Crippen LogP contribution in [0.25, 0.3) is 0 Å². The van der Waals surface area contributed by atoms with E-state index in [1.807, 2.05) is 20.8 Å². The van der Waals surface area contributed by atoms with Crippen LogP contribution in [0.15, 0.2) is 0 Å². The van der Waals surface area contributed by atoms with Crippen LogP contribution in [0.1, 0.15) is 59.3 Å². The number of nitrogens with zero attached hydrogens (tertiary/aromatic N) is 1. The van der Waals surface area contributed by atoms with Crippen LogP contribution in [0, 0.1) is 5.41 Å². The molecule has 0 radical (unpaired) electrons. The predicted octanol–water partition coefficient (Wildman–Crippen LogP) is 1.46. The molecule has 1 saturated carbocycles. The summed E-state index contributed by atoms with van der Waals surface area (Å²) in [5, 5.41) is 13.6. The molecule has 138 valence electrons. The zero-order valence-electron chi connectivity index (χ0n) is 15.3. The summed E-state index contributed by atoms with van der Waals surface area (Å²) in [6, 6.07) is 0. The summed E-state index contributed by atoms with van der Waals surface area (Å²) in [5.74, 6) is -0.142. The molecule has 1 heterocycles. The topological polar surface area (TPSA) is 78.9 Å². The number of nitrogens with one attached hydrogen (secondary N) is 1. The smallest absolute Gasteiger partial charge is 0.239 e. The van der Waals surface area contributed by atoms with Crippen molar-refractivity contribution < 1.29 is 19.4 Å². The van der Waals surface area contributed by atoms with Gasteiger partial charge >= 0.3 is 0 Å². The van der Waals surface area contributed by atoms with E-state index in [9.17, 15) is 14.7 Å². The summed E-state index contributed by atoms with van der Waals surface area (Å²) in [5.41, 5.74) is -1.35. The van der Waals surface area contributed by atoms with Crippen LogP contribution in [0.4, 0.5) is 0 Å². The first-order valence-electron chi connectivity index (χ1n) is 9.18. The molecule has 2 N–H and O–H groups in total.